The van der Waals surface area contributed by atoms with Gasteiger partial charge in [0.15, 0.2) is 5.82 Å². The van der Waals surface area contributed by atoms with Crippen LogP contribution in [-0.2, 0) is 0 Å². The van der Waals surface area contributed by atoms with Crippen LogP contribution in [0.25, 0.3) is 0 Å². The first-order valence-electron chi connectivity index (χ1n) is 6.73. The molecule has 2 N–H and O–H groups in total. The maximum atomic E-state index is 8.93. The Labute approximate surface area is 141 Å². The molecule has 0 saturated carbocycles. The molecule has 0 atom stereocenters. The number of rotatable bonds is 4. The average molecular weight is 367 g/mol. The molecular formula is C16H11BrN6. The third kappa shape index (κ3) is 3.81. The first kappa shape index (κ1) is 14.9. The number of nitrogens with one attached hydrogen (secondary N) is 2. The molecular weight excluding hydrogens is 356 g/mol. The molecule has 0 fully saturated rings. The van der Waals surface area contributed by atoms with Crippen LogP contribution in [0.5, 0.6) is 0 Å². The van der Waals surface area contributed by atoms with Gasteiger partial charge in [-0.1, -0.05) is 18.2 Å². The molecule has 0 aliphatic heterocycles. The van der Waals surface area contributed by atoms with E-state index in [1.165, 1.54) is 6.20 Å². The fourth-order valence-electron chi connectivity index (χ4n) is 1.91. The third-order valence-electron chi connectivity index (χ3n) is 2.94. The summed E-state index contributed by atoms with van der Waals surface area (Å²) in [6, 6.07) is 16.9. The highest BCUT2D eigenvalue weighted by atomic mass is 79.9. The first-order chi connectivity index (χ1) is 11.2. The highest BCUT2D eigenvalue weighted by Gasteiger charge is 2.04. The van der Waals surface area contributed by atoms with Gasteiger partial charge in [-0.2, -0.15) is 15.3 Å². The van der Waals surface area contributed by atoms with Gasteiger partial charge in [0.05, 0.1) is 23.5 Å². The van der Waals surface area contributed by atoms with Gasteiger partial charge in [-0.3, -0.25) is 0 Å². The Bertz CT molecular complexity index is 874. The maximum Gasteiger partial charge on any atom is 0.249 e. The molecule has 1 aromatic heterocycles. The summed E-state index contributed by atoms with van der Waals surface area (Å²) in [6.07, 6.45) is 1.52. The summed E-state index contributed by atoms with van der Waals surface area (Å²) < 4.78 is 0.906. The van der Waals surface area contributed by atoms with E-state index in [1.807, 2.05) is 30.3 Å². The zero-order chi connectivity index (χ0) is 16.1. The highest BCUT2D eigenvalue weighted by molar-refractivity contribution is 9.10. The SMILES string of the molecule is N#Cc1cccc(Nc2cnnc(Nc3ccccc3Br)n2)c1. The van der Waals surface area contributed by atoms with E-state index in [1.54, 1.807) is 18.2 Å². The molecule has 1 heterocycles. The fourth-order valence-corrected chi connectivity index (χ4v) is 2.30. The largest absolute Gasteiger partial charge is 0.339 e. The van der Waals surface area contributed by atoms with E-state index < -0.39 is 0 Å². The van der Waals surface area contributed by atoms with Crippen molar-refractivity contribution < 1.29 is 0 Å². The van der Waals surface area contributed by atoms with Gasteiger partial charge in [-0.25, -0.2) is 0 Å². The second-order valence-electron chi connectivity index (χ2n) is 4.59. The van der Waals surface area contributed by atoms with Crippen LogP contribution in [0.4, 0.5) is 23.1 Å². The zero-order valence-electron chi connectivity index (χ0n) is 11.9. The molecule has 0 saturated heterocycles. The topological polar surface area (TPSA) is 86.5 Å². The lowest BCUT2D eigenvalue weighted by molar-refractivity contribution is 0.982. The van der Waals surface area contributed by atoms with Crippen molar-refractivity contribution >= 4 is 39.1 Å². The Hall–Kier alpha value is -2.98. The summed E-state index contributed by atoms with van der Waals surface area (Å²) >= 11 is 3.46. The zero-order valence-corrected chi connectivity index (χ0v) is 13.4. The van der Waals surface area contributed by atoms with Crippen molar-refractivity contribution in [2.75, 3.05) is 10.6 Å². The second kappa shape index (κ2) is 6.85. The van der Waals surface area contributed by atoms with Crippen molar-refractivity contribution in [1.82, 2.24) is 15.2 Å². The number of nitriles is 1. The highest BCUT2D eigenvalue weighted by Crippen LogP contribution is 2.24. The van der Waals surface area contributed by atoms with Crippen LogP contribution in [0.1, 0.15) is 5.56 Å². The fraction of sp³-hybridized carbons (Fsp3) is 0. The Morgan fingerprint density at radius 2 is 1.91 bits per heavy atom. The third-order valence-corrected chi connectivity index (χ3v) is 3.63. The van der Waals surface area contributed by atoms with Crippen molar-refractivity contribution in [3.63, 3.8) is 0 Å². The van der Waals surface area contributed by atoms with Crippen LogP contribution in [0, 0.1) is 11.3 Å². The molecule has 3 rings (SSSR count). The number of benzene rings is 2. The maximum absolute atomic E-state index is 8.93. The smallest absolute Gasteiger partial charge is 0.249 e. The molecule has 0 bridgehead atoms. The van der Waals surface area contributed by atoms with Gasteiger partial charge < -0.3 is 10.6 Å². The number of hydrogen-bond donors (Lipinski definition) is 2. The van der Waals surface area contributed by atoms with Crippen molar-refractivity contribution in [2.45, 2.75) is 0 Å². The number of anilines is 4. The van der Waals surface area contributed by atoms with E-state index in [9.17, 15) is 0 Å². The van der Waals surface area contributed by atoms with Gasteiger partial charge in [0.25, 0.3) is 0 Å². The summed E-state index contributed by atoms with van der Waals surface area (Å²) in [6.45, 7) is 0. The molecule has 0 amide bonds. The number of halogens is 1. The van der Waals surface area contributed by atoms with Gasteiger partial charge in [0, 0.05) is 10.2 Å². The minimum absolute atomic E-state index is 0.373. The molecule has 112 valence electrons. The van der Waals surface area contributed by atoms with Crippen molar-refractivity contribution in [2.24, 2.45) is 0 Å². The van der Waals surface area contributed by atoms with Crippen LogP contribution in [0.3, 0.4) is 0 Å². The van der Waals surface area contributed by atoms with Crippen LogP contribution in [0.15, 0.2) is 59.2 Å². The summed E-state index contributed by atoms with van der Waals surface area (Å²) in [5, 5.41) is 23.0. The molecule has 7 heteroatoms. The van der Waals surface area contributed by atoms with E-state index in [0.717, 1.165) is 15.8 Å². The minimum Gasteiger partial charge on any atom is -0.339 e. The monoisotopic (exact) mass is 366 g/mol. The van der Waals surface area contributed by atoms with Crippen LogP contribution < -0.4 is 10.6 Å². The summed E-state index contributed by atoms with van der Waals surface area (Å²) in [4.78, 5) is 4.36. The first-order valence-corrected chi connectivity index (χ1v) is 7.52. The molecule has 2 aromatic carbocycles. The summed E-state index contributed by atoms with van der Waals surface area (Å²) in [5.74, 6) is 0.906. The Balaban J connectivity index is 1.80. The van der Waals surface area contributed by atoms with Crippen LogP contribution in [0.2, 0.25) is 0 Å². The lowest BCUT2D eigenvalue weighted by Gasteiger charge is -2.08. The Kier molecular flexibility index (Phi) is 4.45. The van der Waals surface area contributed by atoms with E-state index in [2.05, 4.69) is 47.8 Å². The number of para-hydroxylation sites is 1. The minimum atomic E-state index is 0.373. The Morgan fingerprint density at radius 3 is 2.74 bits per heavy atom. The van der Waals surface area contributed by atoms with Crippen LogP contribution in [-0.4, -0.2) is 15.2 Å². The Morgan fingerprint density at radius 1 is 1.04 bits per heavy atom. The average Bonchev–Trinajstić information content (AvgIpc) is 2.57. The van der Waals surface area contributed by atoms with Gasteiger partial charge in [-0.05, 0) is 46.3 Å². The molecule has 3 aromatic rings. The number of hydrogen-bond acceptors (Lipinski definition) is 6. The van der Waals surface area contributed by atoms with Crippen LogP contribution >= 0.6 is 15.9 Å². The van der Waals surface area contributed by atoms with Crippen molar-refractivity contribution in [1.29, 1.82) is 5.26 Å². The molecule has 6 nitrogen and oxygen atoms in total. The predicted molar refractivity (Wildman–Crippen MR) is 91.7 cm³/mol. The number of nitrogens with zero attached hydrogens (tertiary/aromatic N) is 4. The lowest BCUT2D eigenvalue weighted by Crippen LogP contribution is -2.02. The molecule has 0 unspecified atom stereocenters. The molecule has 0 spiro atoms. The summed E-state index contributed by atoms with van der Waals surface area (Å²) in [7, 11) is 0. The van der Waals surface area contributed by atoms with Crippen molar-refractivity contribution in [3.05, 3.63) is 64.8 Å². The van der Waals surface area contributed by atoms with E-state index in [4.69, 9.17) is 5.26 Å². The normalized spacial score (nSPS) is 9.91. The van der Waals surface area contributed by atoms with E-state index in [-0.39, 0.29) is 0 Å². The molecule has 0 aliphatic carbocycles. The molecule has 0 aliphatic rings. The van der Waals surface area contributed by atoms with Gasteiger partial charge in [0.2, 0.25) is 5.95 Å². The van der Waals surface area contributed by atoms with Gasteiger partial charge in [-0.15, -0.1) is 5.10 Å². The predicted octanol–water partition coefficient (Wildman–Crippen LogP) is 3.99. The standard InChI is InChI=1S/C16H11BrN6/c17-13-6-1-2-7-14(13)21-16-22-15(10-19-23-16)20-12-5-3-4-11(8-12)9-18/h1-8,10H,(H2,20,21,22,23). The van der Waals surface area contributed by atoms with Gasteiger partial charge >= 0.3 is 0 Å². The molecule has 0 radical (unpaired) electrons. The van der Waals surface area contributed by atoms with E-state index >= 15 is 0 Å². The molecule has 23 heavy (non-hydrogen) atoms. The quantitative estimate of drug-likeness (QED) is 0.725. The number of aromatic nitrogens is 3. The second-order valence-corrected chi connectivity index (χ2v) is 5.44. The summed E-state index contributed by atoms with van der Waals surface area (Å²) in [5.41, 5.74) is 2.18. The lowest BCUT2D eigenvalue weighted by atomic mass is 10.2. The van der Waals surface area contributed by atoms with Gasteiger partial charge in [0.1, 0.15) is 0 Å². The van der Waals surface area contributed by atoms with Crippen molar-refractivity contribution in [3.8, 4) is 6.07 Å². The van der Waals surface area contributed by atoms with E-state index in [0.29, 0.717) is 17.3 Å².